The van der Waals surface area contributed by atoms with Crippen LogP contribution in [-0.2, 0) is 9.53 Å². The summed E-state index contributed by atoms with van der Waals surface area (Å²) in [5.74, 6) is 0.846. The Morgan fingerprint density at radius 3 is 2.70 bits per heavy atom. The minimum Gasteiger partial charge on any atom is -0.478 e. The van der Waals surface area contributed by atoms with Gasteiger partial charge in [0, 0.05) is 37.9 Å². The minimum absolute atomic E-state index is 0.0329. The molecule has 1 aromatic rings. The van der Waals surface area contributed by atoms with Crippen LogP contribution in [0.2, 0.25) is 0 Å². The number of fused-ring (bicyclic) bond motifs is 1. The molecule has 126 valence electrons. The topological polar surface area (TPSA) is 68.0 Å². The summed E-state index contributed by atoms with van der Waals surface area (Å²) >= 11 is 0. The van der Waals surface area contributed by atoms with Gasteiger partial charge in [0.05, 0.1) is 18.9 Å². The third kappa shape index (κ3) is 3.43. The lowest BCUT2D eigenvalue weighted by Crippen LogP contribution is -2.51. The van der Waals surface area contributed by atoms with E-state index in [0.29, 0.717) is 18.0 Å². The van der Waals surface area contributed by atoms with Crippen LogP contribution < -0.4 is 15.4 Å². The lowest BCUT2D eigenvalue weighted by Gasteiger charge is -2.37. The standard InChI is InChI=1S/C17H25N3O3/c1-12(2)16-17(21)20(6-5-19-7-9-22-10-8-19)14-4-3-13(18)11-15(14)23-16/h3-4,11-12,16H,5-10,18H2,1-2H3. The van der Waals surface area contributed by atoms with E-state index in [1.165, 1.54) is 0 Å². The Morgan fingerprint density at radius 1 is 1.26 bits per heavy atom. The molecule has 1 unspecified atom stereocenters. The number of nitrogens with zero attached hydrogens (tertiary/aromatic N) is 2. The number of hydrogen-bond donors (Lipinski definition) is 1. The predicted octanol–water partition coefficient (Wildman–Crippen LogP) is 1.35. The number of rotatable bonds is 4. The number of amides is 1. The van der Waals surface area contributed by atoms with Crippen LogP contribution in [0.25, 0.3) is 0 Å². The summed E-state index contributed by atoms with van der Waals surface area (Å²) < 4.78 is 11.3. The summed E-state index contributed by atoms with van der Waals surface area (Å²) in [5.41, 5.74) is 7.33. The molecule has 1 amide bonds. The van der Waals surface area contributed by atoms with Crippen molar-refractivity contribution in [3.05, 3.63) is 18.2 Å². The summed E-state index contributed by atoms with van der Waals surface area (Å²) in [6.45, 7) is 8.85. The molecule has 2 heterocycles. The van der Waals surface area contributed by atoms with E-state index < -0.39 is 6.10 Å². The van der Waals surface area contributed by atoms with Crippen LogP contribution in [0.4, 0.5) is 11.4 Å². The van der Waals surface area contributed by atoms with Crippen molar-refractivity contribution in [2.75, 3.05) is 50.0 Å². The molecule has 2 aliphatic rings. The fourth-order valence-electron chi connectivity index (χ4n) is 3.03. The van der Waals surface area contributed by atoms with Gasteiger partial charge in [-0.15, -0.1) is 0 Å². The fraction of sp³-hybridized carbons (Fsp3) is 0.588. The summed E-state index contributed by atoms with van der Waals surface area (Å²) in [6, 6.07) is 5.49. The molecule has 1 aromatic carbocycles. The number of benzene rings is 1. The molecule has 1 atom stereocenters. The van der Waals surface area contributed by atoms with Gasteiger partial charge in [-0.25, -0.2) is 0 Å². The van der Waals surface area contributed by atoms with Gasteiger partial charge in [0.15, 0.2) is 6.10 Å². The van der Waals surface area contributed by atoms with Gasteiger partial charge in [0.2, 0.25) is 0 Å². The van der Waals surface area contributed by atoms with Crippen LogP contribution in [0.1, 0.15) is 13.8 Å². The smallest absolute Gasteiger partial charge is 0.268 e. The Morgan fingerprint density at radius 2 is 2.00 bits per heavy atom. The Kier molecular flexibility index (Phi) is 4.73. The molecule has 0 bridgehead atoms. The zero-order valence-electron chi connectivity index (χ0n) is 13.8. The molecular formula is C17H25N3O3. The SMILES string of the molecule is CC(C)C1Oc2cc(N)ccc2N(CCN2CCOCC2)C1=O. The molecular weight excluding hydrogens is 294 g/mol. The molecule has 2 N–H and O–H groups in total. The molecule has 0 radical (unpaired) electrons. The Bertz CT molecular complexity index is 570. The van der Waals surface area contributed by atoms with E-state index in [9.17, 15) is 4.79 Å². The second kappa shape index (κ2) is 6.76. The van der Waals surface area contributed by atoms with E-state index in [1.54, 1.807) is 6.07 Å². The van der Waals surface area contributed by atoms with Crippen LogP contribution in [0, 0.1) is 5.92 Å². The number of hydrogen-bond acceptors (Lipinski definition) is 5. The van der Waals surface area contributed by atoms with Gasteiger partial charge in [0.25, 0.3) is 5.91 Å². The van der Waals surface area contributed by atoms with Crippen LogP contribution in [-0.4, -0.2) is 56.3 Å². The van der Waals surface area contributed by atoms with Gasteiger partial charge in [-0.05, 0) is 18.1 Å². The van der Waals surface area contributed by atoms with Crippen molar-refractivity contribution >= 4 is 17.3 Å². The molecule has 0 saturated carbocycles. The Labute approximate surface area is 137 Å². The highest BCUT2D eigenvalue weighted by atomic mass is 16.5. The molecule has 0 aliphatic carbocycles. The first-order valence-corrected chi connectivity index (χ1v) is 8.24. The van der Waals surface area contributed by atoms with Crippen molar-refractivity contribution in [1.82, 2.24) is 4.90 Å². The number of anilines is 2. The number of nitrogens with two attached hydrogens (primary N) is 1. The van der Waals surface area contributed by atoms with E-state index in [0.717, 1.165) is 38.5 Å². The highest BCUT2D eigenvalue weighted by Gasteiger charge is 2.36. The third-order valence-electron chi connectivity index (χ3n) is 4.39. The summed E-state index contributed by atoms with van der Waals surface area (Å²) in [7, 11) is 0. The normalized spacial score (nSPS) is 22.1. The molecule has 6 nitrogen and oxygen atoms in total. The Hall–Kier alpha value is -1.79. The first kappa shape index (κ1) is 16.1. The summed E-state index contributed by atoms with van der Waals surface area (Å²) in [5, 5.41) is 0. The van der Waals surface area contributed by atoms with Crippen molar-refractivity contribution in [3.63, 3.8) is 0 Å². The second-order valence-corrected chi connectivity index (χ2v) is 6.45. The monoisotopic (exact) mass is 319 g/mol. The van der Waals surface area contributed by atoms with E-state index in [4.69, 9.17) is 15.2 Å². The number of nitrogen functional groups attached to an aromatic ring is 1. The van der Waals surface area contributed by atoms with Gasteiger partial charge < -0.3 is 20.1 Å². The van der Waals surface area contributed by atoms with Crippen molar-refractivity contribution in [2.45, 2.75) is 20.0 Å². The van der Waals surface area contributed by atoms with E-state index in [-0.39, 0.29) is 11.8 Å². The van der Waals surface area contributed by atoms with Crippen molar-refractivity contribution in [3.8, 4) is 5.75 Å². The van der Waals surface area contributed by atoms with Gasteiger partial charge in [-0.2, -0.15) is 0 Å². The maximum atomic E-state index is 12.8. The van der Waals surface area contributed by atoms with Gasteiger partial charge in [-0.3, -0.25) is 9.69 Å². The van der Waals surface area contributed by atoms with Gasteiger partial charge in [-0.1, -0.05) is 13.8 Å². The summed E-state index contributed by atoms with van der Waals surface area (Å²) in [6.07, 6.45) is -0.450. The number of carbonyl (C=O) groups is 1. The fourth-order valence-corrected chi connectivity index (χ4v) is 3.03. The van der Waals surface area contributed by atoms with Crippen LogP contribution in [0.15, 0.2) is 18.2 Å². The lowest BCUT2D eigenvalue weighted by molar-refractivity contribution is -0.128. The van der Waals surface area contributed by atoms with Crippen molar-refractivity contribution in [2.24, 2.45) is 5.92 Å². The average Bonchev–Trinajstić information content (AvgIpc) is 2.54. The average molecular weight is 319 g/mol. The summed E-state index contributed by atoms with van der Waals surface area (Å²) in [4.78, 5) is 17.0. The van der Waals surface area contributed by atoms with E-state index in [1.807, 2.05) is 30.9 Å². The highest BCUT2D eigenvalue weighted by Crippen LogP contribution is 2.37. The van der Waals surface area contributed by atoms with Crippen LogP contribution in [0.5, 0.6) is 5.75 Å². The van der Waals surface area contributed by atoms with Gasteiger partial charge in [0.1, 0.15) is 5.75 Å². The molecule has 3 rings (SSSR count). The minimum atomic E-state index is -0.450. The van der Waals surface area contributed by atoms with Gasteiger partial charge >= 0.3 is 0 Å². The molecule has 23 heavy (non-hydrogen) atoms. The maximum Gasteiger partial charge on any atom is 0.268 e. The third-order valence-corrected chi connectivity index (χ3v) is 4.39. The highest BCUT2D eigenvalue weighted by molar-refractivity contribution is 6.00. The van der Waals surface area contributed by atoms with E-state index >= 15 is 0 Å². The predicted molar refractivity (Wildman–Crippen MR) is 89.7 cm³/mol. The lowest BCUT2D eigenvalue weighted by atomic mass is 10.0. The molecule has 1 saturated heterocycles. The van der Waals surface area contributed by atoms with Crippen LogP contribution >= 0.6 is 0 Å². The number of morpholine rings is 1. The molecule has 0 spiro atoms. The maximum absolute atomic E-state index is 12.8. The molecule has 1 fully saturated rings. The number of carbonyl (C=O) groups excluding carboxylic acids is 1. The first-order chi connectivity index (χ1) is 11.1. The second-order valence-electron chi connectivity index (χ2n) is 6.45. The van der Waals surface area contributed by atoms with Crippen LogP contribution in [0.3, 0.4) is 0 Å². The van der Waals surface area contributed by atoms with Crippen molar-refractivity contribution < 1.29 is 14.3 Å². The largest absolute Gasteiger partial charge is 0.478 e. The number of ether oxygens (including phenoxy) is 2. The zero-order chi connectivity index (χ0) is 16.4. The van der Waals surface area contributed by atoms with E-state index in [2.05, 4.69) is 4.90 Å². The first-order valence-electron chi connectivity index (χ1n) is 8.24. The zero-order valence-corrected chi connectivity index (χ0v) is 13.8. The molecule has 0 aromatic heterocycles. The Balaban J connectivity index is 1.79. The quantitative estimate of drug-likeness (QED) is 0.849. The van der Waals surface area contributed by atoms with Crippen molar-refractivity contribution in [1.29, 1.82) is 0 Å². The molecule has 2 aliphatic heterocycles. The molecule has 6 heteroatoms.